The number of benzene rings is 1. The van der Waals surface area contributed by atoms with E-state index < -0.39 is 9.84 Å². The summed E-state index contributed by atoms with van der Waals surface area (Å²) in [5.41, 5.74) is 1.06. The van der Waals surface area contributed by atoms with E-state index in [4.69, 9.17) is 4.74 Å². The first kappa shape index (κ1) is 13.2. The second-order valence-corrected chi connectivity index (χ2v) is 5.85. The van der Waals surface area contributed by atoms with E-state index in [0.29, 0.717) is 11.5 Å². The number of ether oxygens (including phenoxy) is 1. The Morgan fingerprint density at radius 1 is 1.12 bits per heavy atom. The highest BCUT2D eigenvalue weighted by atomic mass is 32.2. The fraction of sp³-hybridized carbons (Fsp3) is 0.500. The first-order valence-electron chi connectivity index (χ1n) is 5.43. The Kier molecular flexibility index (Phi) is 4.96. The van der Waals surface area contributed by atoms with Crippen LogP contribution in [0.3, 0.4) is 0 Å². The highest BCUT2D eigenvalue weighted by molar-refractivity contribution is 7.91. The molecule has 1 aromatic rings. The van der Waals surface area contributed by atoms with Crippen LogP contribution in [0.5, 0.6) is 0 Å². The SMILES string of the molecule is CCCOCCS(=O)(=O)c1ccc(C)cc1. The van der Waals surface area contributed by atoms with E-state index in [1.807, 2.05) is 13.8 Å². The summed E-state index contributed by atoms with van der Waals surface area (Å²) in [6.45, 7) is 4.81. The van der Waals surface area contributed by atoms with Crippen molar-refractivity contribution in [3.05, 3.63) is 29.8 Å². The monoisotopic (exact) mass is 242 g/mol. The molecule has 90 valence electrons. The van der Waals surface area contributed by atoms with Crippen molar-refractivity contribution >= 4 is 9.84 Å². The average molecular weight is 242 g/mol. The molecule has 0 atom stereocenters. The molecule has 0 radical (unpaired) electrons. The lowest BCUT2D eigenvalue weighted by Crippen LogP contribution is -2.12. The minimum atomic E-state index is -3.18. The third-order valence-electron chi connectivity index (χ3n) is 2.22. The summed E-state index contributed by atoms with van der Waals surface area (Å²) in [6.07, 6.45) is 0.907. The molecular weight excluding hydrogens is 224 g/mol. The second-order valence-electron chi connectivity index (χ2n) is 3.74. The average Bonchev–Trinajstić information content (AvgIpc) is 2.25. The van der Waals surface area contributed by atoms with Crippen molar-refractivity contribution < 1.29 is 13.2 Å². The van der Waals surface area contributed by atoms with E-state index in [2.05, 4.69) is 0 Å². The Hall–Kier alpha value is -0.870. The van der Waals surface area contributed by atoms with Crippen molar-refractivity contribution in [1.82, 2.24) is 0 Å². The zero-order chi connectivity index (χ0) is 12.0. The smallest absolute Gasteiger partial charge is 0.180 e. The van der Waals surface area contributed by atoms with Crippen LogP contribution < -0.4 is 0 Å². The van der Waals surface area contributed by atoms with Gasteiger partial charge in [-0.2, -0.15) is 0 Å². The summed E-state index contributed by atoms with van der Waals surface area (Å²) in [4.78, 5) is 0.373. The van der Waals surface area contributed by atoms with Gasteiger partial charge in [-0.25, -0.2) is 8.42 Å². The van der Waals surface area contributed by atoms with E-state index in [1.54, 1.807) is 24.3 Å². The topological polar surface area (TPSA) is 43.4 Å². The lowest BCUT2D eigenvalue weighted by molar-refractivity contribution is 0.149. The molecule has 0 N–H and O–H groups in total. The van der Waals surface area contributed by atoms with Gasteiger partial charge in [0.25, 0.3) is 0 Å². The highest BCUT2D eigenvalue weighted by Gasteiger charge is 2.13. The third kappa shape index (κ3) is 3.94. The van der Waals surface area contributed by atoms with Crippen molar-refractivity contribution in [2.24, 2.45) is 0 Å². The molecule has 3 nitrogen and oxygen atoms in total. The fourth-order valence-corrected chi connectivity index (χ4v) is 2.40. The van der Waals surface area contributed by atoms with Crippen molar-refractivity contribution in [1.29, 1.82) is 0 Å². The molecule has 0 spiro atoms. The summed E-state index contributed by atoms with van der Waals surface area (Å²) in [5, 5.41) is 0. The number of aryl methyl sites for hydroxylation is 1. The van der Waals surface area contributed by atoms with Crippen LogP contribution in [0.4, 0.5) is 0 Å². The lowest BCUT2D eigenvalue weighted by Gasteiger charge is -2.05. The molecule has 4 heteroatoms. The molecule has 0 aromatic heterocycles. The second kappa shape index (κ2) is 6.01. The Morgan fingerprint density at radius 3 is 2.31 bits per heavy atom. The van der Waals surface area contributed by atoms with Crippen molar-refractivity contribution in [2.75, 3.05) is 19.0 Å². The summed E-state index contributed by atoms with van der Waals surface area (Å²) >= 11 is 0. The third-order valence-corrected chi connectivity index (χ3v) is 3.92. The van der Waals surface area contributed by atoms with E-state index in [-0.39, 0.29) is 12.4 Å². The van der Waals surface area contributed by atoms with Gasteiger partial charge in [0.2, 0.25) is 0 Å². The number of hydrogen-bond acceptors (Lipinski definition) is 3. The van der Waals surface area contributed by atoms with Gasteiger partial charge in [0.15, 0.2) is 9.84 Å². The van der Waals surface area contributed by atoms with E-state index in [1.165, 1.54) is 0 Å². The molecule has 0 aliphatic heterocycles. The number of sulfone groups is 1. The van der Waals surface area contributed by atoms with Crippen LogP contribution in [-0.4, -0.2) is 27.4 Å². The molecule has 1 rings (SSSR count). The lowest BCUT2D eigenvalue weighted by atomic mass is 10.2. The minimum Gasteiger partial charge on any atom is -0.380 e. The van der Waals surface area contributed by atoms with Crippen LogP contribution in [0.15, 0.2) is 29.2 Å². The molecule has 0 saturated heterocycles. The first-order chi connectivity index (χ1) is 7.56. The maximum Gasteiger partial charge on any atom is 0.180 e. The van der Waals surface area contributed by atoms with Crippen LogP contribution in [0.1, 0.15) is 18.9 Å². The molecule has 0 aliphatic rings. The molecule has 0 amide bonds. The number of hydrogen-bond donors (Lipinski definition) is 0. The summed E-state index contributed by atoms with van der Waals surface area (Å²) in [5.74, 6) is 0.0516. The van der Waals surface area contributed by atoms with Crippen LogP contribution in [0.2, 0.25) is 0 Å². The molecule has 0 saturated carbocycles. The Balaban J connectivity index is 2.60. The summed E-state index contributed by atoms with van der Waals surface area (Å²) in [7, 11) is -3.18. The zero-order valence-electron chi connectivity index (χ0n) is 9.77. The Morgan fingerprint density at radius 2 is 1.75 bits per heavy atom. The van der Waals surface area contributed by atoms with Gasteiger partial charge in [-0.05, 0) is 25.5 Å². The van der Waals surface area contributed by atoms with E-state index >= 15 is 0 Å². The first-order valence-corrected chi connectivity index (χ1v) is 7.08. The number of rotatable bonds is 6. The summed E-state index contributed by atoms with van der Waals surface area (Å²) in [6, 6.07) is 6.90. The normalized spacial score (nSPS) is 11.6. The van der Waals surface area contributed by atoms with Gasteiger partial charge in [-0.1, -0.05) is 24.6 Å². The molecule has 1 aromatic carbocycles. The van der Waals surface area contributed by atoms with E-state index in [0.717, 1.165) is 12.0 Å². The van der Waals surface area contributed by atoms with Gasteiger partial charge in [0.1, 0.15) is 0 Å². The predicted molar refractivity (Wildman–Crippen MR) is 64.3 cm³/mol. The maximum absolute atomic E-state index is 11.8. The summed E-state index contributed by atoms with van der Waals surface area (Å²) < 4.78 is 28.8. The minimum absolute atomic E-state index is 0.0516. The van der Waals surface area contributed by atoms with Crippen molar-refractivity contribution in [2.45, 2.75) is 25.2 Å². The van der Waals surface area contributed by atoms with Gasteiger partial charge >= 0.3 is 0 Å². The Bertz CT molecular complexity index is 406. The molecule has 0 bridgehead atoms. The predicted octanol–water partition coefficient (Wildman–Crippen LogP) is 2.20. The Labute approximate surface area is 97.4 Å². The van der Waals surface area contributed by atoms with Gasteiger partial charge in [0.05, 0.1) is 17.3 Å². The van der Waals surface area contributed by atoms with E-state index in [9.17, 15) is 8.42 Å². The largest absolute Gasteiger partial charge is 0.380 e. The van der Waals surface area contributed by atoms with Crippen LogP contribution in [0.25, 0.3) is 0 Å². The molecule has 0 aliphatic carbocycles. The van der Waals surface area contributed by atoms with Crippen LogP contribution in [-0.2, 0) is 14.6 Å². The van der Waals surface area contributed by atoms with Crippen LogP contribution >= 0.6 is 0 Å². The van der Waals surface area contributed by atoms with Gasteiger partial charge in [-0.3, -0.25) is 0 Å². The molecule has 0 heterocycles. The quantitative estimate of drug-likeness (QED) is 0.718. The highest BCUT2D eigenvalue weighted by Crippen LogP contribution is 2.11. The molecule has 0 fully saturated rings. The molecular formula is C12H18O3S. The van der Waals surface area contributed by atoms with Crippen molar-refractivity contribution in [3.63, 3.8) is 0 Å². The fourth-order valence-electron chi connectivity index (χ4n) is 1.28. The van der Waals surface area contributed by atoms with Gasteiger partial charge in [-0.15, -0.1) is 0 Å². The molecule has 16 heavy (non-hydrogen) atoms. The van der Waals surface area contributed by atoms with Crippen molar-refractivity contribution in [3.8, 4) is 0 Å². The maximum atomic E-state index is 11.8. The van der Waals surface area contributed by atoms with Gasteiger partial charge in [0, 0.05) is 6.61 Å². The zero-order valence-corrected chi connectivity index (χ0v) is 10.6. The molecule has 0 unspecified atom stereocenters. The van der Waals surface area contributed by atoms with Crippen LogP contribution in [0, 0.1) is 6.92 Å². The van der Waals surface area contributed by atoms with Gasteiger partial charge < -0.3 is 4.74 Å². The standard InChI is InChI=1S/C12H18O3S/c1-3-8-15-9-10-16(13,14)12-6-4-11(2)5-7-12/h4-7H,3,8-10H2,1-2H3.